The third-order valence-electron chi connectivity index (χ3n) is 3.97. The van der Waals surface area contributed by atoms with Gasteiger partial charge in [-0.05, 0) is 17.7 Å². The highest BCUT2D eigenvalue weighted by Crippen LogP contribution is 2.29. The van der Waals surface area contributed by atoms with Crippen LogP contribution in [0.4, 0.5) is 0 Å². The first kappa shape index (κ1) is 12.7. The highest BCUT2D eigenvalue weighted by molar-refractivity contribution is 6.09. The maximum absolute atomic E-state index is 11.6. The van der Waals surface area contributed by atoms with Gasteiger partial charge in [-0.1, -0.05) is 48.5 Å². The van der Waals surface area contributed by atoms with E-state index in [1.165, 1.54) is 0 Å². The number of aromatic amines is 1. The van der Waals surface area contributed by atoms with Gasteiger partial charge in [0.15, 0.2) is 0 Å². The van der Waals surface area contributed by atoms with Gasteiger partial charge in [0.05, 0.1) is 0 Å². The molecule has 0 atom stereocenters. The van der Waals surface area contributed by atoms with Gasteiger partial charge >= 0.3 is 5.97 Å². The topological polar surface area (TPSA) is 58.0 Å². The second-order valence-corrected chi connectivity index (χ2v) is 5.34. The van der Waals surface area contributed by atoms with E-state index in [1.807, 2.05) is 59.2 Å². The molecule has 2 aromatic carbocycles. The molecule has 0 amide bonds. The summed E-state index contributed by atoms with van der Waals surface area (Å²) in [7, 11) is 0. The molecule has 0 fully saturated rings. The smallest absolute Gasteiger partial charge is 0.352 e. The van der Waals surface area contributed by atoms with Gasteiger partial charge in [-0.3, -0.25) is 0 Å². The molecule has 0 unspecified atom stereocenters. The van der Waals surface area contributed by atoms with E-state index < -0.39 is 5.97 Å². The number of carboxylic acids is 1. The van der Waals surface area contributed by atoms with E-state index in [0.717, 1.165) is 27.5 Å². The second kappa shape index (κ2) is 4.77. The molecule has 4 nitrogen and oxygen atoms in total. The number of nitrogens with zero attached hydrogens (tertiary/aromatic N) is 1. The number of hydrogen-bond acceptors (Lipinski definition) is 1. The molecule has 0 saturated carbocycles. The molecular weight excluding hydrogens is 276 g/mol. The van der Waals surface area contributed by atoms with E-state index in [4.69, 9.17) is 0 Å². The summed E-state index contributed by atoms with van der Waals surface area (Å²) in [5.41, 5.74) is 3.24. The van der Waals surface area contributed by atoms with Gasteiger partial charge in [0.2, 0.25) is 0 Å². The predicted octanol–water partition coefficient (Wildman–Crippen LogP) is 3.87. The average molecular weight is 290 g/mol. The summed E-state index contributed by atoms with van der Waals surface area (Å²) in [5, 5.41) is 11.5. The van der Waals surface area contributed by atoms with Crippen LogP contribution in [0.25, 0.3) is 21.9 Å². The zero-order valence-corrected chi connectivity index (χ0v) is 11.8. The average Bonchev–Trinajstić information content (AvgIpc) is 3.06. The molecule has 0 aliphatic heterocycles. The Balaban J connectivity index is 1.97. The lowest BCUT2D eigenvalue weighted by atomic mass is 10.2. The number of rotatable bonds is 3. The third kappa shape index (κ3) is 1.89. The van der Waals surface area contributed by atoms with E-state index >= 15 is 0 Å². The molecular formula is C18H14N2O2. The van der Waals surface area contributed by atoms with Gasteiger partial charge in [0.1, 0.15) is 11.3 Å². The van der Waals surface area contributed by atoms with Crippen molar-refractivity contribution < 1.29 is 9.90 Å². The van der Waals surface area contributed by atoms with Crippen molar-refractivity contribution in [2.75, 3.05) is 0 Å². The van der Waals surface area contributed by atoms with Crippen molar-refractivity contribution in [3.8, 4) is 0 Å². The zero-order valence-electron chi connectivity index (χ0n) is 11.8. The molecule has 4 heteroatoms. The number of para-hydroxylation sites is 1. The summed E-state index contributed by atoms with van der Waals surface area (Å²) >= 11 is 0. The Labute approximate surface area is 126 Å². The summed E-state index contributed by atoms with van der Waals surface area (Å²) in [6.45, 7) is 0.527. The third-order valence-corrected chi connectivity index (χ3v) is 3.97. The summed E-state index contributed by atoms with van der Waals surface area (Å²) in [5.74, 6) is -0.912. The number of carboxylic acid groups (broad SMARTS) is 1. The molecule has 22 heavy (non-hydrogen) atoms. The van der Waals surface area contributed by atoms with E-state index in [0.29, 0.717) is 12.2 Å². The minimum atomic E-state index is -0.912. The minimum Gasteiger partial charge on any atom is -0.477 e. The minimum absolute atomic E-state index is 0.302. The molecule has 4 aromatic rings. The van der Waals surface area contributed by atoms with Crippen LogP contribution in [0.2, 0.25) is 0 Å². The fourth-order valence-corrected chi connectivity index (χ4v) is 2.95. The van der Waals surface area contributed by atoms with Gasteiger partial charge < -0.3 is 14.7 Å². The molecule has 2 heterocycles. The van der Waals surface area contributed by atoms with Gasteiger partial charge in [0.25, 0.3) is 0 Å². The Morgan fingerprint density at radius 2 is 1.73 bits per heavy atom. The number of carbonyl (C=O) groups is 1. The maximum atomic E-state index is 11.6. The van der Waals surface area contributed by atoms with Crippen LogP contribution in [0.15, 0.2) is 60.7 Å². The number of hydrogen-bond donors (Lipinski definition) is 2. The van der Waals surface area contributed by atoms with Crippen LogP contribution in [0.5, 0.6) is 0 Å². The second-order valence-electron chi connectivity index (χ2n) is 5.34. The van der Waals surface area contributed by atoms with Crippen molar-refractivity contribution >= 4 is 27.9 Å². The van der Waals surface area contributed by atoms with Gasteiger partial charge in [0, 0.05) is 22.8 Å². The van der Waals surface area contributed by atoms with Crippen molar-refractivity contribution in [1.82, 2.24) is 9.55 Å². The molecule has 0 saturated heterocycles. The Hall–Kier alpha value is -3.01. The molecule has 0 bridgehead atoms. The summed E-state index contributed by atoms with van der Waals surface area (Å²) in [6.07, 6.45) is 0. The monoisotopic (exact) mass is 290 g/mol. The number of H-pyrrole nitrogens is 1. The molecule has 0 aliphatic carbocycles. The van der Waals surface area contributed by atoms with Gasteiger partial charge in [-0.15, -0.1) is 0 Å². The highest BCUT2D eigenvalue weighted by Gasteiger charge is 2.18. The van der Waals surface area contributed by atoms with E-state index in [9.17, 15) is 9.90 Å². The Morgan fingerprint density at radius 1 is 1.00 bits per heavy atom. The number of aromatic carboxylic acids is 1. The fourth-order valence-electron chi connectivity index (χ4n) is 2.95. The molecule has 0 radical (unpaired) electrons. The van der Waals surface area contributed by atoms with Crippen LogP contribution in [-0.4, -0.2) is 20.6 Å². The van der Waals surface area contributed by atoms with Crippen molar-refractivity contribution in [3.05, 3.63) is 71.9 Å². The first-order valence-corrected chi connectivity index (χ1v) is 7.11. The van der Waals surface area contributed by atoms with E-state index in [1.54, 1.807) is 6.07 Å². The Kier molecular flexibility index (Phi) is 2.76. The zero-order chi connectivity index (χ0) is 15.1. The number of nitrogens with one attached hydrogen (secondary N) is 1. The lowest BCUT2D eigenvalue weighted by Crippen LogP contribution is -2.09. The van der Waals surface area contributed by atoms with Crippen molar-refractivity contribution in [2.45, 2.75) is 6.54 Å². The molecule has 0 spiro atoms. The molecule has 108 valence electrons. The largest absolute Gasteiger partial charge is 0.477 e. The number of aromatic nitrogens is 2. The van der Waals surface area contributed by atoms with Crippen LogP contribution < -0.4 is 0 Å². The lowest BCUT2D eigenvalue weighted by Gasteiger charge is -2.07. The molecule has 2 aromatic heterocycles. The molecule has 2 N–H and O–H groups in total. The van der Waals surface area contributed by atoms with Gasteiger partial charge in [-0.25, -0.2) is 4.79 Å². The van der Waals surface area contributed by atoms with Crippen molar-refractivity contribution in [1.29, 1.82) is 0 Å². The normalized spacial score (nSPS) is 11.3. The van der Waals surface area contributed by atoms with Crippen molar-refractivity contribution in [2.24, 2.45) is 0 Å². The predicted molar refractivity (Wildman–Crippen MR) is 86.3 cm³/mol. The first-order chi connectivity index (χ1) is 10.7. The van der Waals surface area contributed by atoms with Gasteiger partial charge in [-0.2, -0.15) is 0 Å². The highest BCUT2D eigenvalue weighted by atomic mass is 16.4. The van der Waals surface area contributed by atoms with Crippen LogP contribution in [-0.2, 0) is 6.54 Å². The molecule has 0 aliphatic rings. The maximum Gasteiger partial charge on any atom is 0.352 e. The molecule has 4 rings (SSSR count). The lowest BCUT2D eigenvalue weighted by molar-refractivity contribution is 0.0686. The van der Waals surface area contributed by atoms with E-state index in [2.05, 4.69) is 4.98 Å². The standard InChI is InChI=1S/C18H14N2O2/c21-18(22)16-10-14-13-8-4-5-9-15(13)19-17(14)20(16)11-12-6-2-1-3-7-12/h1-10,19H,11H2,(H,21,22). The fraction of sp³-hybridized carbons (Fsp3) is 0.0556. The van der Waals surface area contributed by atoms with Crippen molar-refractivity contribution in [3.63, 3.8) is 0 Å². The summed E-state index contributed by atoms with van der Waals surface area (Å²) in [6, 6.07) is 19.6. The van der Waals surface area contributed by atoms with Crippen LogP contribution in [0.3, 0.4) is 0 Å². The van der Waals surface area contributed by atoms with E-state index in [-0.39, 0.29) is 0 Å². The quantitative estimate of drug-likeness (QED) is 0.601. The SMILES string of the molecule is O=C(O)c1cc2c3ccccc3[nH]c2n1Cc1ccccc1. The number of benzene rings is 2. The van der Waals surface area contributed by atoms with Crippen LogP contribution in [0.1, 0.15) is 16.1 Å². The Bertz CT molecular complexity index is 980. The summed E-state index contributed by atoms with van der Waals surface area (Å²) < 4.78 is 1.83. The summed E-state index contributed by atoms with van der Waals surface area (Å²) in [4.78, 5) is 14.9. The first-order valence-electron chi connectivity index (χ1n) is 7.11. The number of fused-ring (bicyclic) bond motifs is 3. The Morgan fingerprint density at radius 3 is 2.50 bits per heavy atom. The van der Waals surface area contributed by atoms with Crippen LogP contribution in [0, 0.1) is 0 Å². The van der Waals surface area contributed by atoms with Crippen LogP contribution >= 0.6 is 0 Å².